The molecule has 7 heteroatoms. The van der Waals surface area contributed by atoms with Crippen LogP contribution in [0.25, 0.3) is 16.8 Å². The van der Waals surface area contributed by atoms with Gasteiger partial charge in [-0.15, -0.1) is 0 Å². The van der Waals surface area contributed by atoms with E-state index in [1.807, 2.05) is 35.2 Å². The third kappa shape index (κ3) is 4.89. The summed E-state index contributed by atoms with van der Waals surface area (Å²) in [5.74, 6) is 2.05. The van der Waals surface area contributed by atoms with Crippen molar-refractivity contribution in [2.45, 2.75) is 38.0 Å². The van der Waals surface area contributed by atoms with E-state index in [-0.39, 0.29) is 11.9 Å². The van der Waals surface area contributed by atoms with Gasteiger partial charge in [0, 0.05) is 43.9 Å². The molecular weight excluding hydrogens is 426 g/mol. The number of amides is 2. The minimum absolute atomic E-state index is 0.0515. The Hall–Kier alpha value is -3.06. The summed E-state index contributed by atoms with van der Waals surface area (Å²) in [5, 5.41) is 3.16. The van der Waals surface area contributed by atoms with E-state index in [0.29, 0.717) is 13.1 Å². The van der Waals surface area contributed by atoms with E-state index in [9.17, 15) is 4.79 Å². The van der Waals surface area contributed by atoms with Gasteiger partial charge >= 0.3 is 6.03 Å². The van der Waals surface area contributed by atoms with Gasteiger partial charge < -0.3 is 24.3 Å². The molecule has 4 heterocycles. The highest BCUT2D eigenvalue weighted by atomic mass is 16.5. The zero-order chi connectivity index (χ0) is 23.3. The minimum Gasteiger partial charge on any atom is -0.497 e. The Balaban J connectivity index is 1.31. The number of rotatable bonds is 6. The number of urea groups is 1. The highest BCUT2D eigenvalue weighted by Crippen LogP contribution is 2.33. The molecule has 180 valence electrons. The zero-order valence-corrected chi connectivity index (χ0v) is 20.1. The average Bonchev–Trinajstić information content (AvgIpc) is 3.29. The highest BCUT2D eigenvalue weighted by molar-refractivity contribution is 5.78. The van der Waals surface area contributed by atoms with Crippen LogP contribution in [0.2, 0.25) is 0 Å². The predicted molar refractivity (Wildman–Crippen MR) is 134 cm³/mol. The molecule has 5 rings (SSSR count). The van der Waals surface area contributed by atoms with Gasteiger partial charge in [0.2, 0.25) is 0 Å². The summed E-state index contributed by atoms with van der Waals surface area (Å²) < 4.78 is 7.63. The molecular formula is C27H35N5O2. The maximum Gasteiger partial charge on any atom is 0.317 e. The first kappa shape index (κ1) is 22.7. The first-order chi connectivity index (χ1) is 16.7. The molecule has 1 atom stereocenters. The maximum atomic E-state index is 12.9. The van der Waals surface area contributed by atoms with Crippen LogP contribution >= 0.6 is 0 Å². The Morgan fingerprint density at radius 3 is 2.82 bits per heavy atom. The molecule has 2 fully saturated rings. The van der Waals surface area contributed by atoms with E-state index in [4.69, 9.17) is 9.72 Å². The molecule has 1 N–H and O–H groups in total. The largest absolute Gasteiger partial charge is 0.497 e. The number of nitrogens with one attached hydrogen (secondary N) is 1. The summed E-state index contributed by atoms with van der Waals surface area (Å²) in [6, 6.07) is 14.3. The second-order valence-electron chi connectivity index (χ2n) is 9.43. The maximum absolute atomic E-state index is 12.9. The first-order valence-electron chi connectivity index (χ1n) is 12.6. The van der Waals surface area contributed by atoms with Crippen LogP contribution in [0.3, 0.4) is 0 Å². The topological polar surface area (TPSA) is 62.1 Å². The Morgan fingerprint density at radius 2 is 1.97 bits per heavy atom. The molecule has 2 aliphatic heterocycles. The van der Waals surface area contributed by atoms with E-state index in [1.54, 1.807) is 7.11 Å². The zero-order valence-electron chi connectivity index (χ0n) is 20.1. The Kier molecular flexibility index (Phi) is 7.00. The van der Waals surface area contributed by atoms with Crippen LogP contribution in [0.4, 0.5) is 4.79 Å². The number of nitrogens with zero attached hydrogens (tertiary/aromatic N) is 4. The lowest BCUT2D eigenvalue weighted by molar-refractivity contribution is 0.174. The van der Waals surface area contributed by atoms with Gasteiger partial charge in [-0.25, -0.2) is 9.78 Å². The number of likely N-dealkylation sites (tertiary alicyclic amines) is 2. The summed E-state index contributed by atoms with van der Waals surface area (Å²) in [6.45, 7) is 5.47. The molecule has 1 aromatic carbocycles. The molecule has 2 amide bonds. The third-order valence-electron chi connectivity index (χ3n) is 7.15. The fourth-order valence-corrected chi connectivity index (χ4v) is 5.32. The lowest BCUT2D eigenvalue weighted by Crippen LogP contribution is -2.47. The van der Waals surface area contributed by atoms with Crippen LogP contribution in [0, 0.1) is 0 Å². The van der Waals surface area contributed by atoms with Crippen LogP contribution in [-0.4, -0.2) is 71.6 Å². The van der Waals surface area contributed by atoms with Crippen molar-refractivity contribution >= 4 is 11.5 Å². The number of carbonyl (C=O) groups excluding carboxylic acids is 1. The molecule has 2 saturated heterocycles. The van der Waals surface area contributed by atoms with Crippen molar-refractivity contribution < 1.29 is 9.53 Å². The Bertz CT molecular complexity index is 1120. The number of fused-ring (bicyclic) bond motifs is 1. The van der Waals surface area contributed by atoms with E-state index in [2.05, 4.69) is 32.9 Å². The molecule has 0 aliphatic carbocycles. The van der Waals surface area contributed by atoms with Crippen molar-refractivity contribution in [2.24, 2.45) is 0 Å². The molecule has 3 aromatic rings. The van der Waals surface area contributed by atoms with Gasteiger partial charge in [0.1, 0.15) is 11.6 Å². The van der Waals surface area contributed by atoms with Crippen LogP contribution in [0.5, 0.6) is 5.75 Å². The van der Waals surface area contributed by atoms with Gasteiger partial charge in [0.25, 0.3) is 0 Å². The summed E-state index contributed by atoms with van der Waals surface area (Å²) in [7, 11) is 1.68. The number of hydrogen-bond donors (Lipinski definition) is 1. The number of imidazole rings is 1. The van der Waals surface area contributed by atoms with Gasteiger partial charge in [-0.2, -0.15) is 0 Å². The monoisotopic (exact) mass is 461 g/mol. The van der Waals surface area contributed by atoms with Crippen molar-refractivity contribution in [1.82, 2.24) is 24.5 Å². The van der Waals surface area contributed by atoms with E-state index in [0.717, 1.165) is 67.4 Å². The number of benzene rings is 1. The molecule has 34 heavy (non-hydrogen) atoms. The fourth-order valence-electron chi connectivity index (χ4n) is 5.32. The summed E-state index contributed by atoms with van der Waals surface area (Å²) in [4.78, 5) is 22.5. The average molecular weight is 462 g/mol. The predicted octanol–water partition coefficient (Wildman–Crippen LogP) is 4.38. The number of piperidine rings is 2. The summed E-state index contributed by atoms with van der Waals surface area (Å²) >= 11 is 0. The summed E-state index contributed by atoms with van der Waals surface area (Å²) in [5.41, 5.74) is 3.07. The fraction of sp³-hybridized carbons (Fsp3) is 0.481. The molecule has 0 saturated carbocycles. The van der Waals surface area contributed by atoms with Crippen LogP contribution in [0.1, 0.15) is 43.8 Å². The quantitative estimate of drug-likeness (QED) is 0.592. The third-order valence-corrected chi connectivity index (χ3v) is 7.15. The van der Waals surface area contributed by atoms with Gasteiger partial charge in [-0.1, -0.05) is 24.6 Å². The van der Waals surface area contributed by atoms with E-state index >= 15 is 0 Å². The van der Waals surface area contributed by atoms with Crippen LogP contribution in [-0.2, 0) is 0 Å². The number of methoxy groups -OCH3 is 1. The van der Waals surface area contributed by atoms with Crippen LogP contribution < -0.4 is 10.1 Å². The van der Waals surface area contributed by atoms with E-state index in [1.165, 1.54) is 19.3 Å². The standard InChI is InChI=1S/C27H35N5O2/c1-34-23-11-7-9-21(19-23)25-24-12-3-6-17-32(24)26(29-25)22-10-8-16-31(20-22)27(33)28-13-18-30-14-4-2-5-15-30/h3,6-7,9,11-12,17,19,22H,2,4-5,8,10,13-16,18,20H2,1H3,(H,28,33). The van der Waals surface area contributed by atoms with Gasteiger partial charge in [-0.05, 0) is 63.0 Å². The molecule has 2 aromatic heterocycles. The Morgan fingerprint density at radius 1 is 1.09 bits per heavy atom. The smallest absolute Gasteiger partial charge is 0.317 e. The molecule has 0 radical (unpaired) electrons. The normalized spacial score (nSPS) is 19.3. The molecule has 1 unspecified atom stereocenters. The van der Waals surface area contributed by atoms with Crippen molar-refractivity contribution in [2.75, 3.05) is 46.4 Å². The van der Waals surface area contributed by atoms with Crippen molar-refractivity contribution in [3.8, 4) is 17.0 Å². The number of aromatic nitrogens is 2. The van der Waals surface area contributed by atoms with E-state index < -0.39 is 0 Å². The number of carbonyl (C=O) groups is 1. The molecule has 7 nitrogen and oxygen atoms in total. The highest BCUT2D eigenvalue weighted by Gasteiger charge is 2.28. The summed E-state index contributed by atoms with van der Waals surface area (Å²) in [6.07, 6.45) is 7.98. The van der Waals surface area contributed by atoms with Crippen molar-refractivity contribution in [3.05, 3.63) is 54.5 Å². The van der Waals surface area contributed by atoms with Crippen molar-refractivity contribution in [1.29, 1.82) is 0 Å². The second kappa shape index (κ2) is 10.5. The molecule has 0 bridgehead atoms. The number of hydrogen-bond acceptors (Lipinski definition) is 4. The molecule has 0 spiro atoms. The number of pyridine rings is 1. The van der Waals surface area contributed by atoms with Gasteiger partial charge in [0.15, 0.2) is 0 Å². The van der Waals surface area contributed by atoms with Gasteiger partial charge in [-0.3, -0.25) is 0 Å². The lowest BCUT2D eigenvalue weighted by Gasteiger charge is -2.33. The van der Waals surface area contributed by atoms with Crippen molar-refractivity contribution in [3.63, 3.8) is 0 Å². The van der Waals surface area contributed by atoms with Crippen LogP contribution in [0.15, 0.2) is 48.7 Å². The second-order valence-corrected chi connectivity index (χ2v) is 9.43. The van der Waals surface area contributed by atoms with Gasteiger partial charge in [0.05, 0.1) is 18.3 Å². The SMILES string of the molecule is COc1cccc(-c2nc(C3CCCN(C(=O)NCCN4CCCCC4)C3)n3ccccc23)c1. The molecule has 2 aliphatic rings. The first-order valence-corrected chi connectivity index (χ1v) is 12.6. The Labute approximate surface area is 201 Å². The lowest BCUT2D eigenvalue weighted by atomic mass is 9.97. The number of ether oxygens (including phenoxy) is 1. The minimum atomic E-state index is 0.0515.